The molecule has 1 fully saturated rings. The van der Waals surface area contributed by atoms with Gasteiger partial charge in [-0.25, -0.2) is 9.59 Å². The molecule has 1 aromatic carbocycles. The van der Waals surface area contributed by atoms with Gasteiger partial charge in [0, 0.05) is 25.1 Å². The summed E-state index contributed by atoms with van der Waals surface area (Å²) in [5.74, 6) is -2.57. The second-order valence-corrected chi connectivity index (χ2v) is 5.05. The first-order valence-electron chi connectivity index (χ1n) is 6.21. The highest BCUT2D eigenvalue weighted by Crippen LogP contribution is 2.25. The zero-order valence-electron chi connectivity index (χ0n) is 11.1. The van der Waals surface area contributed by atoms with Gasteiger partial charge in [-0.15, -0.1) is 0 Å². The van der Waals surface area contributed by atoms with Crippen molar-refractivity contribution in [2.75, 3.05) is 0 Å². The number of ether oxygens (including phenoxy) is 2. The van der Waals surface area contributed by atoms with E-state index in [4.69, 9.17) is 9.47 Å². The van der Waals surface area contributed by atoms with Crippen molar-refractivity contribution in [3.8, 4) is 0 Å². The third-order valence-electron chi connectivity index (χ3n) is 2.97. The van der Waals surface area contributed by atoms with Crippen molar-refractivity contribution in [3.05, 3.63) is 41.6 Å². The van der Waals surface area contributed by atoms with Crippen LogP contribution in [0.3, 0.4) is 0 Å². The van der Waals surface area contributed by atoms with Crippen LogP contribution < -0.4 is 0 Å². The number of para-hydroxylation sites is 1. The number of fused-ring (bicyclic) bond motifs is 1. The quantitative estimate of drug-likeness (QED) is 0.491. The molecule has 102 valence electrons. The minimum Gasteiger partial charge on any atom is -0.419 e. The number of aromatic amines is 1. The van der Waals surface area contributed by atoms with Crippen LogP contribution in [-0.4, -0.2) is 22.7 Å². The highest BCUT2D eigenvalue weighted by atomic mass is 16.7. The van der Waals surface area contributed by atoms with Gasteiger partial charge in [0.2, 0.25) is 0 Å². The number of esters is 2. The van der Waals surface area contributed by atoms with Gasteiger partial charge in [-0.1, -0.05) is 18.2 Å². The summed E-state index contributed by atoms with van der Waals surface area (Å²) in [6.45, 7) is 3.03. The molecule has 1 N–H and O–H groups in total. The molecule has 5 nitrogen and oxygen atoms in total. The zero-order valence-corrected chi connectivity index (χ0v) is 11.1. The lowest BCUT2D eigenvalue weighted by atomic mass is 10.2. The third-order valence-corrected chi connectivity index (χ3v) is 2.97. The fourth-order valence-electron chi connectivity index (χ4n) is 2.11. The summed E-state index contributed by atoms with van der Waals surface area (Å²) in [5, 5.41) is 0.997. The topological polar surface area (TPSA) is 68.4 Å². The van der Waals surface area contributed by atoms with Crippen LogP contribution in [0.4, 0.5) is 0 Å². The zero-order chi connectivity index (χ0) is 14.3. The molecule has 0 aliphatic carbocycles. The molecular weight excluding hydrogens is 258 g/mol. The first-order valence-corrected chi connectivity index (χ1v) is 6.21. The van der Waals surface area contributed by atoms with Crippen molar-refractivity contribution in [2.24, 2.45) is 0 Å². The lowest BCUT2D eigenvalue weighted by molar-refractivity contribution is -0.222. The van der Waals surface area contributed by atoms with E-state index in [0.29, 0.717) is 5.69 Å². The standard InChI is InChI=1S/C15H13NO4/c1-15(2)19-13(17)11(14(18)20-15)8-10-7-9-5-3-4-6-12(9)16-10/h3-8,16H,1-2H3. The van der Waals surface area contributed by atoms with E-state index in [9.17, 15) is 9.59 Å². The summed E-state index contributed by atoms with van der Waals surface area (Å²) in [4.78, 5) is 26.8. The molecule has 1 aliphatic heterocycles. The monoisotopic (exact) mass is 271 g/mol. The Balaban J connectivity index is 1.99. The molecule has 0 spiro atoms. The lowest BCUT2D eigenvalue weighted by Crippen LogP contribution is -2.41. The van der Waals surface area contributed by atoms with Crippen LogP contribution >= 0.6 is 0 Å². The number of hydrogen-bond donors (Lipinski definition) is 1. The van der Waals surface area contributed by atoms with Crippen LogP contribution in [0.1, 0.15) is 19.5 Å². The predicted octanol–water partition coefficient (Wildman–Crippen LogP) is 2.39. The summed E-state index contributed by atoms with van der Waals surface area (Å²) in [7, 11) is 0. The number of rotatable bonds is 1. The molecule has 1 saturated heterocycles. The molecule has 3 rings (SSSR count). The van der Waals surface area contributed by atoms with Crippen LogP contribution in [0.5, 0.6) is 0 Å². The Labute approximate surface area is 115 Å². The maximum atomic E-state index is 11.8. The molecule has 5 heteroatoms. The number of cyclic esters (lactones) is 2. The second-order valence-electron chi connectivity index (χ2n) is 5.05. The molecule has 0 amide bonds. The van der Waals surface area contributed by atoms with Crippen molar-refractivity contribution in [2.45, 2.75) is 19.6 Å². The lowest BCUT2D eigenvalue weighted by Gasteiger charge is -2.29. The molecule has 1 aliphatic rings. The van der Waals surface area contributed by atoms with Gasteiger partial charge in [0.25, 0.3) is 5.79 Å². The van der Waals surface area contributed by atoms with E-state index in [1.807, 2.05) is 30.3 Å². The molecule has 2 heterocycles. The summed E-state index contributed by atoms with van der Waals surface area (Å²) in [6, 6.07) is 9.52. The Morgan fingerprint density at radius 1 is 1.10 bits per heavy atom. The van der Waals surface area contributed by atoms with Gasteiger partial charge in [0.05, 0.1) is 0 Å². The highest BCUT2D eigenvalue weighted by Gasteiger charge is 2.38. The number of aromatic nitrogens is 1. The molecule has 0 atom stereocenters. The van der Waals surface area contributed by atoms with Gasteiger partial charge in [-0.05, 0) is 23.6 Å². The van der Waals surface area contributed by atoms with Gasteiger partial charge in [-0.3, -0.25) is 0 Å². The number of carbonyl (C=O) groups excluding carboxylic acids is 2. The fraction of sp³-hybridized carbons (Fsp3) is 0.200. The summed E-state index contributed by atoms with van der Waals surface area (Å²) < 4.78 is 10.1. The smallest absolute Gasteiger partial charge is 0.348 e. The number of carbonyl (C=O) groups is 2. The van der Waals surface area contributed by atoms with Crippen LogP contribution in [0.15, 0.2) is 35.9 Å². The third kappa shape index (κ3) is 2.18. The Hall–Kier alpha value is -2.56. The molecule has 20 heavy (non-hydrogen) atoms. The average Bonchev–Trinajstić information content (AvgIpc) is 2.75. The second kappa shape index (κ2) is 4.23. The molecule has 1 aromatic heterocycles. The normalized spacial score (nSPS) is 17.8. The molecule has 2 aromatic rings. The Kier molecular flexibility index (Phi) is 2.64. The van der Waals surface area contributed by atoms with Gasteiger partial charge >= 0.3 is 11.9 Å². The van der Waals surface area contributed by atoms with E-state index in [2.05, 4.69) is 4.98 Å². The predicted molar refractivity (Wildman–Crippen MR) is 72.5 cm³/mol. The molecular formula is C15H13NO4. The minimum atomic E-state index is -1.22. The highest BCUT2D eigenvalue weighted by molar-refractivity contribution is 6.18. The van der Waals surface area contributed by atoms with Crippen molar-refractivity contribution >= 4 is 28.9 Å². The maximum Gasteiger partial charge on any atom is 0.348 e. The largest absolute Gasteiger partial charge is 0.419 e. The van der Waals surface area contributed by atoms with Crippen LogP contribution in [0.2, 0.25) is 0 Å². The number of benzene rings is 1. The Morgan fingerprint density at radius 2 is 1.75 bits per heavy atom. The molecule has 0 saturated carbocycles. The fourth-order valence-corrected chi connectivity index (χ4v) is 2.11. The van der Waals surface area contributed by atoms with E-state index in [1.54, 1.807) is 0 Å². The van der Waals surface area contributed by atoms with E-state index in [-0.39, 0.29) is 5.57 Å². The van der Waals surface area contributed by atoms with Gasteiger partial charge < -0.3 is 14.5 Å². The van der Waals surface area contributed by atoms with Crippen LogP contribution in [-0.2, 0) is 19.1 Å². The maximum absolute atomic E-state index is 11.8. The summed E-state index contributed by atoms with van der Waals surface area (Å²) in [5.41, 5.74) is 1.46. The number of nitrogens with one attached hydrogen (secondary N) is 1. The van der Waals surface area contributed by atoms with Crippen LogP contribution in [0, 0.1) is 0 Å². The van der Waals surface area contributed by atoms with Crippen molar-refractivity contribution in [1.82, 2.24) is 4.98 Å². The summed E-state index contributed by atoms with van der Waals surface area (Å²) in [6.07, 6.45) is 1.44. The van der Waals surface area contributed by atoms with E-state index in [0.717, 1.165) is 10.9 Å². The molecule has 0 bridgehead atoms. The van der Waals surface area contributed by atoms with Gasteiger partial charge in [-0.2, -0.15) is 0 Å². The Morgan fingerprint density at radius 3 is 2.40 bits per heavy atom. The summed E-state index contributed by atoms with van der Waals surface area (Å²) >= 11 is 0. The van der Waals surface area contributed by atoms with Crippen molar-refractivity contribution < 1.29 is 19.1 Å². The van der Waals surface area contributed by atoms with E-state index in [1.165, 1.54) is 19.9 Å². The van der Waals surface area contributed by atoms with E-state index >= 15 is 0 Å². The Bertz CT molecular complexity index is 684. The number of hydrogen-bond acceptors (Lipinski definition) is 4. The average molecular weight is 271 g/mol. The van der Waals surface area contributed by atoms with Gasteiger partial charge in [0.1, 0.15) is 5.57 Å². The first-order chi connectivity index (χ1) is 9.44. The molecule has 0 radical (unpaired) electrons. The van der Waals surface area contributed by atoms with Gasteiger partial charge in [0.15, 0.2) is 0 Å². The van der Waals surface area contributed by atoms with Crippen molar-refractivity contribution in [1.29, 1.82) is 0 Å². The molecule has 0 unspecified atom stereocenters. The number of H-pyrrole nitrogens is 1. The minimum absolute atomic E-state index is 0.115. The SMILES string of the molecule is CC1(C)OC(=O)C(=Cc2cc3ccccc3[nH]2)C(=O)O1. The van der Waals surface area contributed by atoms with Crippen LogP contribution in [0.25, 0.3) is 17.0 Å². The first kappa shape index (κ1) is 12.5. The van der Waals surface area contributed by atoms with E-state index < -0.39 is 17.7 Å². The van der Waals surface area contributed by atoms with Crippen molar-refractivity contribution in [3.63, 3.8) is 0 Å².